The lowest BCUT2D eigenvalue weighted by Crippen LogP contribution is -2.29. The van der Waals surface area contributed by atoms with E-state index in [0.29, 0.717) is 38.2 Å². The molecule has 31 heavy (non-hydrogen) atoms. The number of nitrogens with zero attached hydrogens (tertiary/aromatic N) is 3. The lowest BCUT2D eigenvalue weighted by Gasteiger charge is -2.12. The summed E-state index contributed by atoms with van der Waals surface area (Å²) in [5, 5.41) is 17.7. The van der Waals surface area contributed by atoms with Crippen molar-refractivity contribution in [3.05, 3.63) is 69.7 Å². The molecular weight excluding hydrogens is 550 g/mol. The molecule has 0 saturated heterocycles. The molecule has 0 radical (unpaired) electrons. The molecule has 160 valence electrons. The summed E-state index contributed by atoms with van der Waals surface area (Å²) < 4.78 is 30.4. The number of aromatic nitrogens is 3. The fourth-order valence-electron chi connectivity index (χ4n) is 3.01. The molecule has 0 unspecified atom stereocenters. The monoisotopic (exact) mass is 565 g/mol. The maximum absolute atomic E-state index is 12.5. The number of anilines is 1. The molecular formula is C20H17Br2N5O3S. The van der Waals surface area contributed by atoms with Crippen LogP contribution in [0.3, 0.4) is 0 Å². The maximum Gasteiger partial charge on any atom is 0.241 e. The highest BCUT2D eigenvalue weighted by Crippen LogP contribution is 2.31. The molecule has 4 rings (SSSR count). The summed E-state index contributed by atoms with van der Waals surface area (Å²) in [7, 11) is -3.65. The molecule has 4 aromatic rings. The maximum atomic E-state index is 12.5. The van der Waals surface area contributed by atoms with E-state index in [4.69, 9.17) is 0 Å². The van der Waals surface area contributed by atoms with Crippen molar-refractivity contribution in [2.24, 2.45) is 0 Å². The lowest BCUT2D eigenvalue weighted by molar-refractivity contribution is 0.477. The van der Waals surface area contributed by atoms with Gasteiger partial charge in [-0.25, -0.2) is 18.1 Å². The normalized spacial score (nSPS) is 11.7. The van der Waals surface area contributed by atoms with Gasteiger partial charge in [0.15, 0.2) is 5.65 Å². The second kappa shape index (κ2) is 8.95. The Bertz CT molecular complexity index is 1360. The van der Waals surface area contributed by atoms with E-state index < -0.39 is 10.0 Å². The molecule has 0 aliphatic rings. The Hall–Kier alpha value is -2.47. The van der Waals surface area contributed by atoms with E-state index in [1.54, 1.807) is 53.2 Å². The Kier molecular flexibility index (Phi) is 6.28. The molecule has 2 aromatic heterocycles. The smallest absolute Gasteiger partial charge is 0.241 e. The topological polar surface area (TPSA) is 109 Å². The van der Waals surface area contributed by atoms with E-state index in [1.165, 1.54) is 6.07 Å². The van der Waals surface area contributed by atoms with Crippen molar-refractivity contribution in [1.82, 2.24) is 19.3 Å². The van der Waals surface area contributed by atoms with Gasteiger partial charge in [-0.3, -0.25) is 0 Å². The van der Waals surface area contributed by atoms with Crippen LogP contribution in [0.1, 0.15) is 0 Å². The predicted octanol–water partition coefficient (Wildman–Crippen LogP) is 4.02. The van der Waals surface area contributed by atoms with Crippen LogP contribution in [0.4, 0.5) is 5.82 Å². The second-order valence-electron chi connectivity index (χ2n) is 6.53. The Morgan fingerprint density at radius 3 is 2.52 bits per heavy atom. The molecule has 0 spiro atoms. The van der Waals surface area contributed by atoms with Crippen molar-refractivity contribution in [2.75, 3.05) is 18.4 Å². The number of nitrogens with one attached hydrogen (secondary N) is 2. The van der Waals surface area contributed by atoms with Crippen LogP contribution < -0.4 is 10.0 Å². The van der Waals surface area contributed by atoms with E-state index in [0.717, 1.165) is 0 Å². The fourth-order valence-corrected chi connectivity index (χ4v) is 5.39. The zero-order valence-electron chi connectivity index (χ0n) is 16.0. The number of phenols is 1. The summed E-state index contributed by atoms with van der Waals surface area (Å²) in [6, 6.07) is 15.3. The Morgan fingerprint density at radius 1 is 1.00 bits per heavy atom. The van der Waals surface area contributed by atoms with E-state index in [2.05, 4.69) is 52.0 Å². The van der Waals surface area contributed by atoms with Gasteiger partial charge in [0.05, 0.1) is 21.3 Å². The SMILES string of the molecule is O=S(=O)(NCCNc1cc(-c2ccccc2O)nc2c(Br)cnn12)c1ccccc1Br. The van der Waals surface area contributed by atoms with Crippen LogP contribution in [-0.4, -0.2) is 41.2 Å². The van der Waals surface area contributed by atoms with E-state index >= 15 is 0 Å². The third-order valence-electron chi connectivity index (χ3n) is 4.46. The number of rotatable bonds is 7. The van der Waals surface area contributed by atoms with Crippen molar-refractivity contribution in [2.45, 2.75) is 4.90 Å². The molecule has 2 aromatic carbocycles. The van der Waals surface area contributed by atoms with Gasteiger partial charge in [0.2, 0.25) is 10.0 Å². The third-order valence-corrected chi connectivity index (χ3v) is 7.49. The number of hydrogen-bond donors (Lipinski definition) is 3. The van der Waals surface area contributed by atoms with Gasteiger partial charge in [0.25, 0.3) is 0 Å². The van der Waals surface area contributed by atoms with Gasteiger partial charge < -0.3 is 10.4 Å². The highest BCUT2D eigenvalue weighted by Gasteiger charge is 2.17. The summed E-state index contributed by atoms with van der Waals surface area (Å²) in [5.41, 5.74) is 1.70. The molecule has 0 amide bonds. The van der Waals surface area contributed by atoms with Gasteiger partial charge in [0.1, 0.15) is 11.6 Å². The first kappa shape index (κ1) is 21.8. The van der Waals surface area contributed by atoms with Crippen LogP contribution in [0.2, 0.25) is 0 Å². The number of hydrogen-bond acceptors (Lipinski definition) is 6. The highest BCUT2D eigenvalue weighted by atomic mass is 79.9. The molecule has 0 aliphatic heterocycles. The Morgan fingerprint density at radius 2 is 1.74 bits per heavy atom. The van der Waals surface area contributed by atoms with Gasteiger partial charge in [-0.1, -0.05) is 24.3 Å². The van der Waals surface area contributed by atoms with Gasteiger partial charge in [-0.2, -0.15) is 9.61 Å². The highest BCUT2D eigenvalue weighted by molar-refractivity contribution is 9.11. The first-order chi connectivity index (χ1) is 14.9. The van der Waals surface area contributed by atoms with Crippen molar-refractivity contribution in [1.29, 1.82) is 0 Å². The summed E-state index contributed by atoms with van der Waals surface area (Å²) in [5.74, 6) is 0.719. The third kappa shape index (κ3) is 4.59. The summed E-state index contributed by atoms with van der Waals surface area (Å²) in [6.07, 6.45) is 1.62. The van der Waals surface area contributed by atoms with Crippen molar-refractivity contribution in [3.63, 3.8) is 0 Å². The molecule has 0 bridgehead atoms. The zero-order valence-corrected chi connectivity index (χ0v) is 19.9. The van der Waals surface area contributed by atoms with Crippen LogP contribution in [0.25, 0.3) is 16.9 Å². The summed E-state index contributed by atoms with van der Waals surface area (Å²) >= 11 is 6.70. The van der Waals surface area contributed by atoms with Gasteiger partial charge in [0, 0.05) is 29.2 Å². The number of benzene rings is 2. The molecule has 0 fully saturated rings. The Labute approximate surface area is 195 Å². The van der Waals surface area contributed by atoms with Gasteiger partial charge in [-0.15, -0.1) is 0 Å². The number of fused-ring (bicyclic) bond motifs is 1. The van der Waals surface area contributed by atoms with Crippen LogP contribution in [-0.2, 0) is 10.0 Å². The molecule has 0 atom stereocenters. The van der Waals surface area contributed by atoms with E-state index in [9.17, 15) is 13.5 Å². The molecule has 2 heterocycles. The minimum atomic E-state index is -3.65. The van der Waals surface area contributed by atoms with Crippen LogP contribution in [0.5, 0.6) is 5.75 Å². The van der Waals surface area contributed by atoms with E-state index in [-0.39, 0.29) is 17.2 Å². The van der Waals surface area contributed by atoms with Gasteiger partial charge >= 0.3 is 0 Å². The first-order valence-electron chi connectivity index (χ1n) is 9.17. The average Bonchev–Trinajstić information content (AvgIpc) is 3.12. The first-order valence-corrected chi connectivity index (χ1v) is 12.2. The quantitative estimate of drug-likeness (QED) is 0.292. The standard InChI is InChI=1S/C20H17Br2N5O3S/c21-14-6-2-4-8-18(14)31(29,30)25-10-9-23-19-11-16(13-5-1-3-7-17(13)28)26-20-15(22)12-24-27(19)20/h1-8,11-12,23,25,28H,9-10H2. The molecule has 0 saturated carbocycles. The van der Waals surface area contributed by atoms with Crippen LogP contribution in [0.15, 0.2) is 74.6 Å². The van der Waals surface area contributed by atoms with Gasteiger partial charge in [-0.05, 0) is 56.1 Å². The van der Waals surface area contributed by atoms with Crippen LogP contribution >= 0.6 is 31.9 Å². The second-order valence-corrected chi connectivity index (χ2v) is 9.97. The predicted molar refractivity (Wildman–Crippen MR) is 126 cm³/mol. The number of phenolic OH excluding ortho intramolecular Hbond substituents is 1. The number of para-hydroxylation sites is 1. The van der Waals surface area contributed by atoms with Crippen molar-refractivity contribution >= 4 is 53.3 Å². The minimum Gasteiger partial charge on any atom is -0.507 e. The molecule has 11 heteroatoms. The lowest BCUT2D eigenvalue weighted by atomic mass is 10.1. The average molecular weight is 567 g/mol. The van der Waals surface area contributed by atoms with Crippen molar-refractivity contribution in [3.8, 4) is 17.0 Å². The fraction of sp³-hybridized carbons (Fsp3) is 0.100. The zero-order chi connectivity index (χ0) is 22.0. The molecule has 8 nitrogen and oxygen atoms in total. The summed E-state index contributed by atoms with van der Waals surface area (Å²) in [4.78, 5) is 4.76. The van der Waals surface area contributed by atoms with Crippen molar-refractivity contribution < 1.29 is 13.5 Å². The molecule has 3 N–H and O–H groups in total. The van der Waals surface area contributed by atoms with E-state index in [1.807, 2.05) is 6.07 Å². The minimum absolute atomic E-state index is 0.113. The summed E-state index contributed by atoms with van der Waals surface area (Å²) in [6.45, 7) is 0.461. The number of halogens is 2. The van der Waals surface area contributed by atoms with Crippen LogP contribution in [0, 0.1) is 0 Å². The Balaban J connectivity index is 1.55. The number of sulfonamides is 1. The molecule has 0 aliphatic carbocycles. The largest absolute Gasteiger partial charge is 0.507 e. The number of aromatic hydroxyl groups is 1.